The fourth-order valence-corrected chi connectivity index (χ4v) is 3.40. The highest BCUT2D eigenvalue weighted by Crippen LogP contribution is 2.31. The maximum absolute atomic E-state index is 13.6. The van der Waals surface area contributed by atoms with E-state index in [0.717, 1.165) is 12.1 Å². The van der Waals surface area contributed by atoms with Crippen molar-refractivity contribution in [1.82, 2.24) is 4.90 Å². The van der Waals surface area contributed by atoms with Crippen molar-refractivity contribution in [3.63, 3.8) is 0 Å². The zero-order valence-corrected chi connectivity index (χ0v) is 15.4. The van der Waals surface area contributed by atoms with Gasteiger partial charge in [-0.25, -0.2) is 4.39 Å². The number of aliphatic hydroxyl groups excluding tert-OH is 1. The fourth-order valence-electron chi connectivity index (χ4n) is 3.40. The van der Waals surface area contributed by atoms with Gasteiger partial charge in [-0.2, -0.15) is 13.2 Å². The summed E-state index contributed by atoms with van der Waals surface area (Å²) < 4.78 is 58.1. The summed E-state index contributed by atoms with van der Waals surface area (Å²) in [6.45, 7) is 0.927. The van der Waals surface area contributed by atoms with Gasteiger partial charge >= 0.3 is 6.18 Å². The number of hydrogen-bond donors (Lipinski definition) is 2. The molecule has 1 saturated heterocycles. The van der Waals surface area contributed by atoms with E-state index >= 15 is 0 Å². The van der Waals surface area contributed by atoms with Gasteiger partial charge in [0.05, 0.1) is 24.9 Å². The summed E-state index contributed by atoms with van der Waals surface area (Å²) in [6.07, 6.45) is -5.03. The Kier molecular flexibility index (Phi) is 6.21. The van der Waals surface area contributed by atoms with Crippen LogP contribution in [0.3, 0.4) is 0 Å². The van der Waals surface area contributed by atoms with E-state index < -0.39 is 29.6 Å². The van der Waals surface area contributed by atoms with E-state index in [4.69, 9.17) is 10.5 Å². The molecule has 1 heterocycles. The minimum atomic E-state index is -4.62. The van der Waals surface area contributed by atoms with E-state index in [0.29, 0.717) is 36.9 Å². The van der Waals surface area contributed by atoms with E-state index in [-0.39, 0.29) is 24.3 Å². The molecule has 9 heteroatoms. The van der Waals surface area contributed by atoms with Crippen LogP contribution in [-0.2, 0) is 24.1 Å². The lowest BCUT2D eigenvalue weighted by Gasteiger charge is -2.33. The van der Waals surface area contributed by atoms with Crippen molar-refractivity contribution in [3.8, 4) is 0 Å². The topological polar surface area (TPSA) is 75.8 Å². The SMILES string of the molecule is NC(=O)c1ccc([C@@H]2CN(Cc3cc(F)cc(C(F)(F)F)c3)CCO2)cc1CO. The van der Waals surface area contributed by atoms with Gasteiger partial charge in [-0.05, 0) is 41.0 Å². The van der Waals surface area contributed by atoms with E-state index in [1.54, 1.807) is 12.1 Å². The number of benzene rings is 2. The quantitative estimate of drug-likeness (QED) is 0.741. The largest absolute Gasteiger partial charge is 0.416 e. The number of rotatable bonds is 5. The van der Waals surface area contributed by atoms with E-state index in [9.17, 15) is 27.5 Å². The van der Waals surface area contributed by atoms with Gasteiger partial charge in [-0.1, -0.05) is 12.1 Å². The summed E-state index contributed by atoms with van der Waals surface area (Å²) in [4.78, 5) is 13.3. The molecule has 1 atom stereocenters. The molecular weight excluding hydrogens is 392 g/mol. The van der Waals surface area contributed by atoms with Crippen molar-refractivity contribution in [2.24, 2.45) is 5.73 Å². The molecule has 2 aromatic carbocycles. The molecule has 3 rings (SSSR count). The Bertz CT molecular complexity index is 902. The number of primary amides is 1. The molecule has 1 fully saturated rings. The molecule has 0 unspecified atom stereocenters. The second-order valence-electron chi connectivity index (χ2n) is 6.88. The number of alkyl halides is 3. The first-order valence-corrected chi connectivity index (χ1v) is 8.91. The van der Waals surface area contributed by atoms with Crippen molar-refractivity contribution in [2.45, 2.75) is 25.4 Å². The molecule has 1 aliphatic heterocycles. The monoisotopic (exact) mass is 412 g/mol. The molecule has 0 aromatic heterocycles. The third-order valence-electron chi connectivity index (χ3n) is 4.78. The number of halogens is 4. The standard InChI is InChI=1S/C20H20F4N2O3/c21-16-6-12(5-15(8-16)20(22,23)24)9-26-3-4-29-18(10-26)13-1-2-17(19(25)28)14(7-13)11-27/h1-2,5-8,18,27H,3-4,9-11H2,(H2,25,28)/t18-/m0/s1. The number of carbonyl (C=O) groups is 1. The highest BCUT2D eigenvalue weighted by atomic mass is 19.4. The zero-order valence-electron chi connectivity index (χ0n) is 15.4. The molecule has 5 nitrogen and oxygen atoms in total. The summed E-state index contributed by atoms with van der Waals surface area (Å²) in [6, 6.07) is 7.30. The van der Waals surface area contributed by atoms with E-state index in [1.807, 2.05) is 4.90 Å². The van der Waals surface area contributed by atoms with E-state index in [2.05, 4.69) is 0 Å². The van der Waals surface area contributed by atoms with Crippen LogP contribution in [0.2, 0.25) is 0 Å². The van der Waals surface area contributed by atoms with Crippen LogP contribution in [0.15, 0.2) is 36.4 Å². The smallest absolute Gasteiger partial charge is 0.392 e. The number of ether oxygens (including phenoxy) is 1. The summed E-state index contributed by atoms with van der Waals surface area (Å²) in [5, 5.41) is 9.47. The molecular formula is C20H20F4N2O3. The highest BCUT2D eigenvalue weighted by molar-refractivity contribution is 5.94. The van der Waals surface area contributed by atoms with Gasteiger partial charge in [0, 0.05) is 25.2 Å². The van der Waals surface area contributed by atoms with Gasteiger partial charge in [0.25, 0.3) is 0 Å². The molecule has 2 aromatic rings. The predicted octanol–water partition coefficient (Wildman–Crippen LogP) is 3.01. The number of nitrogens with two attached hydrogens (primary N) is 1. The number of nitrogens with zero attached hydrogens (tertiary/aromatic N) is 1. The van der Waals surface area contributed by atoms with Crippen molar-refractivity contribution < 1.29 is 32.2 Å². The van der Waals surface area contributed by atoms with Crippen LogP contribution in [0.5, 0.6) is 0 Å². The molecule has 0 spiro atoms. The van der Waals surface area contributed by atoms with Gasteiger partial charge in [-0.15, -0.1) is 0 Å². The normalized spacial score (nSPS) is 18.0. The number of carbonyl (C=O) groups excluding carboxylic acids is 1. The molecule has 0 radical (unpaired) electrons. The minimum Gasteiger partial charge on any atom is -0.392 e. The lowest BCUT2D eigenvalue weighted by molar-refractivity contribution is -0.137. The van der Waals surface area contributed by atoms with Crippen LogP contribution >= 0.6 is 0 Å². The Morgan fingerprint density at radius 1 is 1.24 bits per heavy atom. The average Bonchev–Trinajstić information content (AvgIpc) is 2.66. The van der Waals surface area contributed by atoms with Gasteiger partial charge in [0.2, 0.25) is 5.91 Å². The number of amides is 1. The van der Waals surface area contributed by atoms with Crippen LogP contribution in [0.25, 0.3) is 0 Å². The second kappa shape index (κ2) is 8.48. The van der Waals surface area contributed by atoms with Crippen molar-refractivity contribution >= 4 is 5.91 Å². The number of hydrogen-bond acceptors (Lipinski definition) is 4. The Balaban J connectivity index is 1.77. The second-order valence-corrected chi connectivity index (χ2v) is 6.88. The maximum atomic E-state index is 13.6. The van der Waals surface area contributed by atoms with E-state index in [1.165, 1.54) is 6.07 Å². The number of morpholine rings is 1. The van der Waals surface area contributed by atoms with Crippen molar-refractivity contribution in [2.75, 3.05) is 19.7 Å². The summed E-state index contributed by atoms with van der Waals surface area (Å²) >= 11 is 0. The Labute approximate surface area is 164 Å². The Hall–Kier alpha value is -2.49. The highest BCUT2D eigenvalue weighted by Gasteiger charge is 2.32. The van der Waals surface area contributed by atoms with Crippen LogP contribution in [0.1, 0.15) is 38.7 Å². The first-order valence-electron chi connectivity index (χ1n) is 8.91. The first-order chi connectivity index (χ1) is 13.7. The summed E-state index contributed by atoms with van der Waals surface area (Å²) in [7, 11) is 0. The summed E-state index contributed by atoms with van der Waals surface area (Å²) in [5.74, 6) is -1.59. The average molecular weight is 412 g/mol. The lowest BCUT2D eigenvalue weighted by Crippen LogP contribution is -2.38. The number of aliphatic hydroxyl groups is 1. The predicted molar refractivity (Wildman–Crippen MR) is 96.3 cm³/mol. The molecule has 3 N–H and O–H groups in total. The molecule has 0 aliphatic carbocycles. The zero-order chi connectivity index (χ0) is 21.2. The molecule has 1 aliphatic rings. The van der Waals surface area contributed by atoms with Gasteiger partial charge < -0.3 is 15.6 Å². The summed E-state index contributed by atoms with van der Waals surface area (Å²) in [5.41, 5.74) is 5.77. The van der Waals surface area contributed by atoms with Crippen LogP contribution in [-0.4, -0.2) is 35.6 Å². The van der Waals surface area contributed by atoms with Gasteiger partial charge in [0.1, 0.15) is 5.82 Å². The third-order valence-corrected chi connectivity index (χ3v) is 4.78. The van der Waals surface area contributed by atoms with Crippen LogP contribution < -0.4 is 5.73 Å². The lowest BCUT2D eigenvalue weighted by atomic mass is 9.99. The molecule has 0 bridgehead atoms. The van der Waals surface area contributed by atoms with Gasteiger partial charge in [0.15, 0.2) is 0 Å². The fraction of sp³-hybridized carbons (Fsp3) is 0.350. The van der Waals surface area contributed by atoms with Crippen LogP contribution in [0, 0.1) is 5.82 Å². The van der Waals surface area contributed by atoms with Crippen LogP contribution in [0.4, 0.5) is 17.6 Å². The molecule has 156 valence electrons. The maximum Gasteiger partial charge on any atom is 0.416 e. The minimum absolute atomic E-state index is 0.132. The first kappa shape index (κ1) is 21.2. The Morgan fingerprint density at radius 2 is 2.00 bits per heavy atom. The molecule has 29 heavy (non-hydrogen) atoms. The van der Waals surface area contributed by atoms with Gasteiger partial charge in [-0.3, -0.25) is 9.69 Å². The third kappa shape index (κ3) is 5.11. The van der Waals surface area contributed by atoms with Crippen molar-refractivity contribution in [1.29, 1.82) is 0 Å². The Morgan fingerprint density at radius 3 is 2.66 bits per heavy atom. The van der Waals surface area contributed by atoms with Crippen molar-refractivity contribution in [3.05, 3.63) is 70.0 Å². The molecule has 1 amide bonds. The molecule has 0 saturated carbocycles.